The molecule has 0 spiro atoms. The van der Waals surface area contributed by atoms with Gasteiger partial charge in [0.1, 0.15) is 11.5 Å². The zero-order chi connectivity index (χ0) is 20.0. The van der Waals surface area contributed by atoms with Gasteiger partial charge in [0.2, 0.25) is 0 Å². The standard InChI is InChI=1S/C21H25Cl2NO3/c1-4-7-24-21(26)12-27-15-10-18(22)17(19(23)11-15)9-14-5-6-20(25)16(8-14)13(2)3/h5-6,8,10-11,13,25H,4,7,9,12H2,1-3H3,(H,24,26). The Morgan fingerprint density at radius 1 is 1.19 bits per heavy atom. The lowest BCUT2D eigenvalue weighted by Crippen LogP contribution is -2.29. The van der Waals surface area contributed by atoms with Gasteiger partial charge in [0.15, 0.2) is 6.61 Å². The van der Waals surface area contributed by atoms with Crippen LogP contribution in [0.4, 0.5) is 0 Å². The number of benzene rings is 2. The number of amides is 1. The Balaban J connectivity index is 2.13. The molecule has 1 amide bonds. The van der Waals surface area contributed by atoms with Crippen LogP contribution in [0.25, 0.3) is 0 Å². The second-order valence-electron chi connectivity index (χ2n) is 6.73. The molecule has 0 atom stereocenters. The minimum absolute atomic E-state index is 0.0816. The number of hydrogen-bond donors (Lipinski definition) is 2. The third-order valence-electron chi connectivity index (χ3n) is 4.15. The summed E-state index contributed by atoms with van der Waals surface area (Å²) >= 11 is 12.8. The Morgan fingerprint density at radius 2 is 1.85 bits per heavy atom. The summed E-state index contributed by atoms with van der Waals surface area (Å²) in [6.07, 6.45) is 1.41. The molecule has 0 fully saturated rings. The molecule has 146 valence electrons. The van der Waals surface area contributed by atoms with E-state index in [1.165, 1.54) is 0 Å². The van der Waals surface area contributed by atoms with Crippen LogP contribution in [0.15, 0.2) is 30.3 Å². The fourth-order valence-electron chi connectivity index (χ4n) is 2.68. The van der Waals surface area contributed by atoms with Gasteiger partial charge in [-0.05, 0) is 47.2 Å². The summed E-state index contributed by atoms with van der Waals surface area (Å²) in [6, 6.07) is 8.85. The smallest absolute Gasteiger partial charge is 0.257 e. The Hall–Kier alpha value is -1.91. The van der Waals surface area contributed by atoms with E-state index in [2.05, 4.69) is 5.32 Å². The van der Waals surface area contributed by atoms with Crippen LogP contribution >= 0.6 is 23.2 Å². The number of rotatable bonds is 8. The van der Waals surface area contributed by atoms with E-state index in [1.54, 1.807) is 18.2 Å². The summed E-state index contributed by atoms with van der Waals surface area (Å²) < 4.78 is 5.48. The van der Waals surface area contributed by atoms with Crippen LogP contribution in [0.2, 0.25) is 10.0 Å². The number of carbonyl (C=O) groups excluding carboxylic acids is 1. The lowest BCUT2D eigenvalue weighted by molar-refractivity contribution is -0.123. The van der Waals surface area contributed by atoms with Gasteiger partial charge in [-0.25, -0.2) is 0 Å². The van der Waals surface area contributed by atoms with Crippen molar-refractivity contribution in [2.24, 2.45) is 0 Å². The molecule has 0 saturated carbocycles. The number of nitrogens with one attached hydrogen (secondary N) is 1. The van der Waals surface area contributed by atoms with Crippen LogP contribution in [0.5, 0.6) is 11.5 Å². The fourth-order valence-corrected chi connectivity index (χ4v) is 3.28. The van der Waals surface area contributed by atoms with Crippen LogP contribution in [0.3, 0.4) is 0 Å². The van der Waals surface area contributed by atoms with E-state index in [4.69, 9.17) is 27.9 Å². The van der Waals surface area contributed by atoms with Crippen molar-refractivity contribution >= 4 is 29.1 Å². The molecule has 2 rings (SSSR count). The molecule has 0 unspecified atom stereocenters. The number of carbonyl (C=O) groups is 1. The number of ether oxygens (including phenoxy) is 1. The minimum atomic E-state index is -0.182. The first-order valence-corrected chi connectivity index (χ1v) is 9.76. The average molecular weight is 410 g/mol. The van der Waals surface area contributed by atoms with Crippen molar-refractivity contribution in [3.05, 3.63) is 57.1 Å². The maximum absolute atomic E-state index is 11.6. The van der Waals surface area contributed by atoms with E-state index >= 15 is 0 Å². The van der Waals surface area contributed by atoms with Crippen molar-refractivity contribution in [3.63, 3.8) is 0 Å². The molecular weight excluding hydrogens is 385 g/mol. The lowest BCUT2D eigenvalue weighted by atomic mass is 9.96. The summed E-state index contributed by atoms with van der Waals surface area (Å²) in [6.45, 7) is 6.58. The molecule has 2 aromatic rings. The average Bonchev–Trinajstić information content (AvgIpc) is 2.62. The van der Waals surface area contributed by atoms with E-state index in [0.29, 0.717) is 28.8 Å². The normalized spacial score (nSPS) is 10.9. The highest BCUT2D eigenvalue weighted by molar-refractivity contribution is 6.36. The van der Waals surface area contributed by atoms with Crippen molar-refractivity contribution in [1.29, 1.82) is 0 Å². The highest BCUT2D eigenvalue weighted by Crippen LogP contribution is 2.33. The molecule has 27 heavy (non-hydrogen) atoms. The predicted molar refractivity (Wildman–Crippen MR) is 110 cm³/mol. The highest BCUT2D eigenvalue weighted by Gasteiger charge is 2.13. The molecule has 0 radical (unpaired) electrons. The van der Waals surface area contributed by atoms with Crippen molar-refractivity contribution in [2.45, 2.75) is 39.5 Å². The molecule has 0 saturated heterocycles. The van der Waals surface area contributed by atoms with Crippen molar-refractivity contribution in [2.75, 3.05) is 13.2 Å². The number of aromatic hydroxyl groups is 1. The summed E-state index contributed by atoms with van der Waals surface area (Å²) in [4.78, 5) is 11.6. The third kappa shape index (κ3) is 6.05. The third-order valence-corrected chi connectivity index (χ3v) is 4.83. The monoisotopic (exact) mass is 409 g/mol. The van der Waals surface area contributed by atoms with E-state index < -0.39 is 0 Å². The first kappa shape index (κ1) is 21.4. The maximum atomic E-state index is 11.6. The molecule has 2 N–H and O–H groups in total. The second kappa shape index (κ2) is 9.86. The minimum Gasteiger partial charge on any atom is -0.508 e. The molecule has 0 aliphatic carbocycles. The topological polar surface area (TPSA) is 58.6 Å². The number of phenols is 1. The summed E-state index contributed by atoms with van der Waals surface area (Å²) in [5, 5.41) is 13.7. The van der Waals surface area contributed by atoms with Crippen LogP contribution in [0.1, 0.15) is 49.8 Å². The van der Waals surface area contributed by atoms with Gasteiger partial charge in [-0.1, -0.05) is 56.1 Å². The first-order valence-electron chi connectivity index (χ1n) is 9.01. The predicted octanol–water partition coefficient (Wildman–Crippen LogP) is 5.32. The van der Waals surface area contributed by atoms with Gasteiger partial charge < -0.3 is 15.2 Å². The van der Waals surface area contributed by atoms with Crippen LogP contribution in [0, 0.1) is 0 Å². The first-order chi connectivity index (χ1) is 12.8. The molecule has 0 aromatic heterocycles. The SMILES string of the molecule is CCCNC(=O)COc1cc(Cl)c(Cc2ccc(O)c(C(C)C)c2)c(Cl)c1. The fraction of sp³-hybridized carbons (Fsp3) is 0.381. The molecule has 0 aliphatic rings. The van der Waals surface area contributed by atoms with E-state index in [1.807, 2.05) is 32.9 Å². The molecule has 4 nitrogen and oxygen atoms in total. The maximum Gasteiger partial charge on any atom is 0.257 e. The van der Waals surface area contributed by atoms with E-state index in [9.17, 15) is 9.90 Å². The van der Waals surface area contributed by atoms with Gasteiger partial charge in [0, 0.05) is 23.0 Å². The van der Waals surface area contributed by atoms with Crippen molar-refractivity contribution in [3.8, 4) is 11.5 Å². The zero-order valence-corrected chi connectivity index (χ0v) is 17.3. The Bertz CT molecular complexity index is 783. The van der Waals surface area contributed by atoms with Crippen molar-refractivity contribution < 1.29 is 14.6 Å². The highest BCUT2D eigenvalue weighted by atomic mass is 35.5. The van der Waals surface area contributed by atoms with Gasteiger partial charge >= 0.3 is 0 Å². The Kier molecular flexibility index (Phi) is 7.81. The van der Waals surface area contributed by atoms with Gasteiger partial charge in [-0.15, -0.1) is 0 Å². The number of hydrogen-bond acceptors (Lipinski definition) is 3. The molecule has 2 aromatic carbocycles. The van der Waals surface area contributed by atoms with Gasteiger partial charge in [0.25, 0.3) is 5.91 Å². The molecule has 6 heteroatoms. The molecule has 0 aliphatic heterocycles. The summed E-state index contributed by atoms with van der Waals surface area (Å²) in [5.41, 5.74) is 2.67. The van der Waals surface area contributed by atoms with E-state index in [-0.39, 0.29) is 24.2 Å². The summed E-state index contributed by atoms with van der Waals surface area (Å²) in [5.74, 6) is 0.772. The second-order valence-corrected chi connectivity index (χ2v) is 7.54. The molecular formula is C21H25Cl2NO3. The molecule has 0 bridgehead atoms. The van der Waals surface area contributed by atoms with Crippen molar-refractivity contribution in [1.82, 2.24) is 5.32 Å². The number of phenolic OH excluding ortho intramolecular Hbond substituents is 1. The lowest BCUT2D eigenvalue weighted by Gasteiger charge is -2.14. The van der Waals surface area contributed by atoms with Gasteiger partial charge in [-0.2, -0.15) is 0 Å². The van der Waals surface area contributed by atoms with Crippen LogP contribution in [-0.2, 0) is 11.2 Å². The van der Waals surface area contributed by atoms with Gasteiger partial charge in [-0.3, -0.25) is 4.79 Å². The van der Waals surface area contributed by atoms with Crippen LogP contribution in [-0.4, -0.2) is 24.2 Å². The van der Waals surface area contributed by atoms with Crippen LogP contribution < -0.4 is 10.1 Å². The Labute approximate surface area is 170 Å². The van der Waals surface area contributed by atoms with Gasteiger partial charge in [0.05, 0.1) is 0 Å². The number of halogens is 2. The summed E-state index contributed by atoms with van der Waals surface area (Å²) in [7, 11) is 0. The Morgan fingerprint density at radius 3 is 2.44 bits per heavy atom. The zero-order valence-electron chi connectivity index (χ0n) is 15.8. The van der Waals surface area contributed by atoms with E-state index in [0.717, 1.165) is 23.1 Å². The molecule has 0 heterocycles. The largest absolute Gasteiger partial charge is 0.508 e. The quantitative estimate of drug-likeness (QED) is 0.620.